The maximum Gasteiger partial charge on any atom is 0.408 e. The Bertz CT molecular complexity index is 608. The van der Waals surface area contributed by atoms with Crippen LogP contribution in [0.3, 0.4) is 0 Å². The third kappa shape index (κ3) is 7.78. The van der Waals surface area contributed by atoms with Crippen LogP contribution in [0.1, 0.15) is 40.2 Å². The minimum atomic E-state index is -0.934. The zero-order valence-electron chi connectivity index (χ0n) is 15.5. The first-order chi connectivity index (χ1) is 11.5. The van der Waals surface area contributed by atoms with Crippen LogP contribution in [0.15, 0.2) is 18.2 Å². The van der Waals surface area contributed by atoms with Gasteiger partial charge in [0, 0.05) is 6.42 Å². The Morgan fingerprint density at radius 3 is 2.44 bits per heavy atom. The number of hydrogen-bond acceptors (Lipinski definition) is 6. The maximum absolute atomic E-state index is 12.3. The van der Waals surface area contributed by atoms with Crippen molar-refractivity contribution < 1.29 is 24.2 Å². The molecule has 1 aromatic carbocycles. The molecule has 0 aliphatic heterocycles. The molecule has 0 saturated carbocycles. The summed E-state index contributed by atoms with van der Waals surface area (Å²) in [6.07, 6.45) is -0.567. The van der Waals surface area contributed by atoms with Gasteiger partial charge in [-0.05, 0) is 44.4 Å². The molecule has 25 heavy (non-hydrogen) atoms. The number of esters is 1. The Labute approximate surface area is 148 Å². The number of anilines is 1. The number of ether oxygens (including phenoxy) is 2. The molecule has 0 aromatic heterocycles. The first-order valence-electron chi connectivity index (χ1n) is 8.21. The number of rotatable bonds is 6. The summed E-state index contributed by atoms with van der Waals surface area (Å²) in [5.74, 6) is -0.466. The number of nitrogen functional groups attached to an aromatic ring is 1. The van der Waals surface area contributed by atoms with Crippen molar-refractivity contribution in [1.29, 1.82) is 0 Å². The van der Waals surface area contributed by atoms with Crippen molar-refractivity contribution in [2.24, 2.45) is 5.92 Å². The van der Waals surface area contributed by atoms with Crippen molar-refractivity contribution in [3.63, 3.8) is 0 Å². The second kappa shape index (κ2) is 8.60. The van der Waals surface area contributed by atoms with E-state index in [2.05, 4.69) is 5.32 Å². The van der Waals surface area contributed by atoms with Crippen molar-refractivity contribution in [2.45, 2.75) is 52.7 Å². The van der Waals surface area contributed by atoms with Gasteiger partial charge in [-0.15, -0.1) is 0 Å². The van der Waals surface area contributed by atoms with Crippen molar-refractivity contribution in [3.8, 4) is 5.75 Å². The highest BCUT2D eigenvalue weighted by molar-refractivity contribution is 5.81. The average Bonchev–Trinajstić information content (AvgIpc) is 2.45. The molecule has 0 heterocycles. The fraction of sp³-hybridized carbons (Fsp3) is 0.556. The summed E-state index contributed by atoms with van der Waals surface area (Å²) in [7, 11) is 0. The van der Waals surface area contributed by atoms with Gasteiger partial charge in [0.1, 0.15) is 17.4 Å². The van der Waals surface area contributed by atoms with Gasteiger partial charge < -0.3 is 25.6 Å². The summed E-state index contributed by atoms with van der Waals surface area (Å²) in [5.41, 5.74) is 5.77. The number of aromatic hydroxyl groups is 1. The predicted octanol–water partition coefficient (Wildman–Crippen LogP) is 2.61. The molecule has 0 spiro atoms. The molecule has 0 unspecified atom stereocenters. The van der Waals surface area contributed by atoms with Gasteiger partial charge in [0.15, 0.2) is 0 Å². The molecule has 0 saturated heterocycles. The highest BCUT2D eigenvalue weighted by Crippen LogP contribution is 2.21. The van der Waals surface area contributed by atoms with Gasteiger partial charge in [-0.2, -0.15) is 0 Å². The molecule has 0 aliphatic rings. The van der Waals surface area contributed by atoms with E-state index in [1.165, 1.54) is 12.1 Å². The van der Waals surface area contributed by atoms with Crippen LogP contribution in [0.4, 0.5) is 10.5 Å². The minimum Gasteiger partial charge on any atom is -0.506 e. The number of carbonyl (C=O) groups excluding carboxylic acids is 2. The Morgan fingerprint density at radius 2 is 1.92 bits per heavy atom. The Hall–Kier alpha value is -2.44. The number of hydrogen-bond donors (Lipinski definition) is 3. The van der Waals surface area contributed by atoms with Crippen LogP contribution in [-0.2, 0) is 20.7 Å². The standard InChI is InChI=1S/C18H28N2O5/c1-11(2)10-24-16(22)14(20-17(23)25-18(3,4)5)8-12-6-7-13(19)15(21)9-12/h6-7,9,11,14,21H,8,10,19H2,1-5H3,(H,20,23)/t14-/m0/s1. The summed E-state index contributed by atoms with van der Waals surface area (Å²) in [6.45, 7) is 9.28. The molecule has 0 aliphatic carbocycles. The molecule has 140 valence electrons. The van der Waals surface area contributed by atoms with Gasteiger partial charge >= 0.3 is 12.1 Å². The van der Waals surface area contributed by atoms with Crippen LogP contribution in [-0.4, -0.2) is 35.4 Å². The van der Waals surface area contributed by atoms with Gasteiger partial charge in [-0.1, -0.05) is 19.9 Å². The fourth-order valence-electron chi connectivity index (χ4n) is 1.94. The van der Waals surface area contributed by atoms with Gasteiger partial charge in [0.2, 0.25) is 0 Å². The highest BCUT2D eigenvalue weighted by Gasteiger charge is 2.26. The van der Waals surface area contributed by atoms with E-state index >= 15 is 0 Å². The lowest BCUT2D eigenvalue weighted by Crippen LogP contribution is -2.45. The number of alkyl carbamates (subject to hydrolysis) is 1. The van der Waals surface area contributed by atoms with Crippen molar-refractivity contribution in [3.05, 3.63) is 23.8 Å². The molecule has 4 N–H and O–H groups in total. The van der Waals surface area contributed by atoms with E-state index in [0.29, 0.717) is 5.56 Å². The van der Waals surface area contributed by atoms with Crippen LogP contribution in [0.25, 0.3) is 0 Å². The average molecular weight is 352 g/mol. The molecule has 0 radical (unpaired) electrons. The molecule has 7 heteroatoms. The number of phenols is 1. The molecule has 7 nitrogen and oxygen atoms in total. The SMILES string of the molecule is CC(C)COC(=O)[C@H](Cc1ccc(N)c(O)c1)NC(=O)OC(C)(C)C. The van der Waals surface area contributed by atoms with E-state index < -0.39 is 23.7 Å². The number of nitrogens with one attached hydrogen (secondary N) is 1. The Kier molecular flexibility index (Phi) is 7.09. The molecule has 1 amide bonds. The number of benzene rings is 1. The van der Waals surface area contributed by atoms with E-state index in [1.54, 1.807) is 26.8 Å². The van der Waals surface area contributed by atoms with Crippen molar-refractivity contribution >= 4 is 17.7 Å². The van der Waals surface area contributed by atoms with E-state index in [1.807, 2.05) is 13.8 Å². The third-order valence-electron chi connectivity index (χ3n) is 3.07. The normalized spacial score (nSPS) is 12.6. The van der Waals surface area contributed by atoms with E-state index in [9.17, 15) is 14.7 Å². The largest absolute Gasteiger partial charge is 0.506 e. The number of amides is 1. The maximum atomic E-state index is 12.3. The number of nitrogens with two attached hydrogens (primary N) is 1. The zero-order chi connectivity index (χ0) is 19.2. The summed E-state index contributed by atoms with van der Waals surface area (Å²) >= 11 is 0. The summed E-state index contributed by atoms with van der Waals surface area (Å²) in [6, 6.07) is 3.73. The van der Waals surface area contributed by atoms with Gasteiger partial charge in [-0.25, -0.2) is 9.59 Å². The molecular formula is C18H28N2O5. The molecule has 1 atom stereocenters. The number of phenolic OH excluding ortho intramolecular Hbond substituents is 1. The van der Waals surface area contributed by atoms with E-state index in [-0.39, 0.29) is 30.4 Å². The molecule has 1 aromatic rings. The van der Waals surface area contributed by atoms with Crippen molar-refractivity contribution in [2.75, 3.05) is 12.3 Å². The Balaban J connectivity index is 2.87. The van der Waals surface area contributed by atoms with E-state index in [4.69, 9.17) is 15.2 Å². The second-order valence-corrected chi connectivity index (χ2v) is 7.32. The monoisotopic (exact) mass is 352 g/mol. The topological polar surface area (TPSA) is 111 Å². The number of carbonyl (C=O) groups is 2. The Morgan fingerprint density at radius 1 is 1.28 bits per heavy atom. The molecule has 1 rings (SSSR count). The quantitative estimate of drug-likeness (QED) is 0.412. The summed E-state index contributed by atoms with van der Waals surface area (Å²) in [4.78, 5) is 24.3. The lowest BCUT2D eigenvalue weighted by Gasteiger charge is -2.23. The first-order valence-corrected chi connectivity index (χ1v) is 8.21. The van der Waals surface area contributed by atoms with Gasteiger partial charge in [-0.3, -0.25) is 0 Å². The molecular weight excluding hydrogens is 324 g/mol. The highest BCUT2D eigenvalue weighted by atomic mass is 16.6. The first kappa shape index (κ1) is 20.6. The lowest BCUT2D eigenvalue weighted by molar-refractivity contribution is -0.147. The van der Waals surface area contributed by atoms with Crippen LogP contribution in [0.5, 0.6) is 5.75 Å². The van der Waals surface area contributed by atoms with Crippen LogP contribution in [0.2, 0.25) is 0 Å². The third-order valence-corrected chi connectivity index (χ3v) is 3.07. The lowest BCUT2D eigenvalue weighted by atomic mass is 10.0. The van der Waals surface area contributed by atoms with Gasteiger partial charge in [0.05, 0.1) is 12.3 Å². The molecule has 0 bridgehead atoms. The van der Waals surface area contributed by atoms with Gasteiger partial charge in [0.25, 0.3) is 0 Å². The molecule has 0 fully saturated rings. The minimum absolute atomic E-state index is 0.0796. The van der Waals surface area contributed by atoms with E-state index in [0.717, 1.165) is 0 Å². The zero-order valence-corrected chi connectivity index (χ0v) is 15.5. The van der Waals surface area contributed by atoms with Crippen LogP contribution in [0, 0.1) is 5.92 Å². The van der Waals surface area contributed by atoms with Crippen molar-refractivity contribution in [1.82, 2.24) is 5.32 Å². The summed E-state index contributed by atoms with van der Waals surface area (Å²) < 4.78 is 10.4. The van der Waals surface area contributed by atoms with Crippen LogP contribution < -0.4 is 11.1 Å². The smallest absolute Gasteiger partial charge is 0.408 e. The fourth-order valence-corrected chi connectivity index (χ4v) is 1.94. The summed E-state index contributed by atoms with van der Waals surface area (Å²) in [5, 5.41) is 12.2. The second-order valence-electron chi connectivity index (χ2n) is 7.32. The predicted molar refractivity (Wildman–Crippen MR) is 95.2 cm³/mol. The van der Waals surface area contributed by atoms with Crippen LogP contribution >= 0.6 is 0 Å².